The number of nitrogens with one attached hydrogen (secondary N) is 3. The molecule has 1 aliphatic heterocycles. The Morgan fingerprint density at radius 2 is 2.00 bits per heavy atom. The molecule has 31 heavy (non-hydrogen) atoms. The van der Waals surface area contributed by atoms with E-state index in [1.54, 1.807) is 6.21 Å². The van der Waals surface area contributed by atoms with E-state index in [4.69, 9.17) is 0 Å². The summed E-state index contributed by atoms with van der Waals surface area (Å²) in [7, 11) is 0. The van der Waals surface area contributed by atoms with Gasteiger partial charge in [-0.15, -0.1) is 0 Å². The van der Waals surface area contributed by atoms with Crippen LogP contribution in [0.2, 0.25) is 0 Å². The Bertz CT molecular complexity index is 1120. The van der Waals surface area contributed by atoms with Gasteiger partial charge in [-0.25, -0.2) is 14.4 Å². The van der Waals surface area contributed by atoms with Crippen LogP contribution >= 0.6 is 11.3 Å². The minimum atomic E-state index is -0.339. The zero-order valence-electron chi connectivity index (χ0n) is 17.5. The molecule has 0 atom stereocenters. The molecule has 0 amide bonds. The number of imidazole rings is 1. The molecule has 0 unspecified atom stereocenters. The average Bonchev–Trinajstić information content (AvgIpc) is 3.29. The Morgan fingerprint density at radius 3 is 2.77 bits per heavy atom. The van der Waals surface area contributed by atoms with E-state index in [1.807, 2.05) is 13.8 Å². The maximum absolute atomic E-state index is 13.9. The molecule has 0 aromatic carbocycles. The van der Waals surface area contributed by atoms with E-state index in [0.29, 0.717) is 34.7 Å². The van der Waals surface area contributed by atoms with Crippen LogP contribution in [0.15, 0.2) is 16.5 Å². The van der Waals surface area contributed by atoms with E-state index in [0.717, 1.165) is 48.2 Å². The van der Waals surface area contributed by atoms with Gasteiger partial charge >= 0.3 is 6.01 Å². The van der Waals surface area contributed by atoms with Gasteiger partial charge < -0.3 is 20.7 Å². The molecule has 0 spiro atoms. The number of aromatic nitrogens is 5. The SMILES string of the molecule is Cc1nc(CCNCCc2nc3c(NCC4=C(F)CCC=N4)nc(O)nc3s2)[nH]c1C. The fraction of sp³-hybridized carbons (Fsp3) is 0.450. The number of anilines is 1. The van der Waals surface area contributed by atoms with E-state index in [2.05, 4.69) is 40.5 Å². The lowest BCUT2D eigenvalue weighted by Gasteiger charge is -2.10. The fourth-order valence-electron chi connectivity index (χ4n) is 3.24. The molecular formula is C20H25FN8OS. The molecule has 3 aromatic rings. The van der Waals surface area contributed by atoms with Crippen molar-refractivity contribution < 1.29 is 9.50 Å². The number of hydrogen-bond acceptors (Lipinski definition) is 9. The number of aliphatic imine (C=N–C) groups is 1. The van der Waals surface area contributed by atoms with Gasteiger partial charge in [-0.3, -0.25) is 4.99 Å². The third kappa shape index (κ3) is 5.23. The van der Waals surface area contributed by atoms with Crippen molar-refractivity contribution in [2.45, 2.75) is 39.5 Å². The van der Waals surface area contributed by atoms with Crippen molar-refractivity contribution in [2.24, 2.45) is 4.99 Å². The van der Waals surface area contributed by atoms with E-state index in [1.165, 1.54) is 11.3 Å². The van der Waals surface area contributed by atoms with E-state index >= 15 is 0 Å². The summed E-state index contributed by atoms with van der Waals surface area (Å²) in [6, 6.07) is -0.339. The summed E-state index contributed by atoms with van der Waals surface area (Å²) in [6.45, 7) is 5.76. The van der Waals surface area contributed by atoms with E-state index in [-0.39, 0.29) is 18.4 Å². The van der Waals surface area contributed by atoms with Crippen molar-refractivity contribution in [1.29, 1.82) is 0 Å². The number of allylic oxidation sites excluding steroid dienone is 1. The molecule has 0 fully saturated rings. The molecule has 0 saturated heterocycles. The number of thiazole rings is 1. The second-order valence-electron chi connectivity index (χ2n) is 7.33. The first-order valence-corrected chi connectivity index (χ1v) is 11.0. The zero-order valence-corrected chi connectivity index (χ0v) is 18.3. The van der Waals surface area contributed by atoms with Crippen molar-refractivity contribution >= 4 is 33.7 Å². The summed E-state index contributed by atoms with van der Waals surface area (Å²) in [6.07, 6.45) is 4.23. The Kier molecular flexibility index (Phi) is 6.52. The summed E-state index contributed by atoms with van der Waals surface area (Å²) in [4.78, 5) is 25.2. The first-order chi connectivity index (χ1) is 15.0. The lowest BCUT2D eigenvalue weighted by Crippen LogP contribution is -2.20. The fourth-order valence-corrected chi connectivity index (χ4v) is 4.17. The van der Waals surface area contributed by atoms with Gasteiger partial charge in [-0.2, -0.15) is 9.97 Å². The maximum atomic E-state index is 13.9. The van der Waals surface area contributed by atoms with Gasteiger partial charge in [0.25, 0.3) is 0 Å². The van der Waals surface area contributed by atoms with Gasteiger partial charge in [-0.05, 0) is 20.3 Å². The highest BCUT2D eigenvalue weighted by atomic mass is 32.1. The van der Waals surface area contributed by atoms with Gasteiger partial charge in [0, 0.05) is 44.3 Å². The summed E-state index contributed by atoms with van der Waals surface area (Å²) >= 11 is 1.41. The lowest BCUT2D eigenvalue weighted by atomic mass is 10.2. The van der Waals surface area contributed by atoms with Crippen LogP contribution in [-0.2, 0) is 12.8 Å². The summed E-state index contributed by atoms with van der Waals surface area (Å²) < 4.78 is 13.9. The van der Waals surface area contributed by atoms with Crippen LogP contribution in [0.4, 0.5) is 10.2 Å². The Morgan fingerprint density at radius 1 is 1.16 bits per heavy atom. The number of aromatic hydroxyl groups is 1. The number of hydrogen-bond donors (Lipinski definition) is 4. The largest absolute Gasteiger partial charge is 0.479 e. The molecule has 0 aliphatic carbocycles. The van der Waals surface area contributed by atoms with E-state index in [9.17, 15) is 9.50 Å². The second kappa shape index (κ2) is 9.48. The van der Waals surface area contributed by atoms with Crippen LogP contribution < -0.4 is 10.6 Å². The minimum absolute atomic E-state index is 0.175. The number of rotatable bonds is 9. The third-order valence-corrected chi connectivity index (χ3v) is 6.01. The molecule has 3 aromatic heterocycles. The minimum Gasteiger partial charge on any atom is -0.479 e. The highest BCUT2D eigenvalue weighted by molar-refractivity contribution is 7.18. The highest BCUT2D eigenvalue weighted by Gasteiger charge is 2.15. The molecule has 11 heteroatoms. The zero-order chi connectivity index (χ0) is 21.8. The van der Waals surface area contributed by atoms with Crippen LogP contribution in [0.25, 0.3) is 10.3 Å². The molecule has 1 aliphatic rings. The smallest absolute Gasteiger partial charge is 0.317 e. The predicted molar refractivity (Wildman–Crippen MR) is 120 cm³/mol. The molecule has 0 bridgehead atoms. The molecule has 164 valence electrons. The average molecular weight is 445 g/mol. The van der Waals surface area contributed by atoms with Gasteiger partial charge in [0.1, 0.15) is 17.2 Å². The Labute approximate surface area is 183 Å². The summed E-state index contributed by atoms with van der Waals surface area (Å²) in [5.41, 5.74) is 3.05. The normalized spacial score (nSPS) is 14.0. The van der Waals surface area contributed by atoms with Gasteiger partial charge in [0.15, 0.2) is 10.6 Å². The lowest BCUT2D eigenvalue weighted by molar-refractivity contribution is 0.434. The van der Waals surface area contributed by atoms with Crippen molar-refractivity contribution in [3.05, 3.63) is 33.7 Å². The van der Waals surface area contributed by atoms with Gasteiger partial charge in [0.05, 0.1) is 22.9 Å². The van der Waals surface area contributed by atoms with Gasteiger partial charge in [-0.1, -0.05) is 11.3 Å². The number of H-pyrrole nitrogens is 1. The van der Waals surface area contributed by atoms with Crippen LogP contribution in [-0.4, -0.2) is 55.9 Å². The monoisotopic (exact) mass is 444 g/mol. The molecule has 4 rings (SSSR count). The second-order valence-corrected chi connectivity index (χ2v) is 8.40. The van der Waals surface area contributed by atoms with Crippen LogP contribution in [0.1, 0.15) is 35.1 Å². The van der Waals surface area contributed by atoms with Gasteiger partial charge in [0.2, 0.25) is 0 Å². The summed E-state index contributed by atoms with van der Waals surface area (Å²) in [5.74, 6) is 1.13. The quantitative estimate of drug-likeness (QED) is 0.374. The van der Waals surface area contributed by atoms with Crippen LogP contribution in [0, 0.1) is 13.8 Å². The molecule has 0 radical (unpaired) electrons. The number of nitrogens with zero attached hydrogens (tertiary/aromatic N) is 5. The number of aryl methyl sites for hydroxylation is 2. The Hall–Kier alpha value is -2.92. The molecule has 0 saturated carbocycles. The molecule has 4 N–H and O–H groups in total. The molecular weight excluding hydrogens is 419 g/mol. The van der Waals surface area contributed by atoms with Crippen molar-refractivity contribution in [3.63, 3.8) is 0 Å². The Balaban J connectivity index is 1.35. The topological polar surface area (TPSA) is 124 Å². The first kappa shape index (κ1) is 21.3. The number of aromatic amines is 1. The first-order valence-electron chi connectivity index (χ1n) is 10.2. The number of fused-ring (bicyclic) bond motifs is 1. The van der Waals surface area contributed by atoms with Crippen molar-refractivity contribution in [2.75, 3.05) is 25.0 Å². The van der Waals surface area contributed by atoms with Crippen LogP contribution in [0.3, 0.4) is 0 Å². The van der Waals surface area contributed by atoms with Crippen molar-refractivity contribution in [3.8, 4) is 6.01 Å². The summed E-state index contributed by atoms with van der Waals surface area (Å²) in [5, 5.41) is 17.2. The van der Waals surface area contributed by atoms with Crippen molar-refractivity contribution in [1.82, 2.24) is 30.2 Å². The highest BCUT2D eigenvalue weighted by Crippen LogP contribution is 2.28. The third-order valence-electron chi connectivity index (χ3n) is 5.00. The number of halogens is 1. The van der Waals surface area contributed by atoms with Crippen LogP contribution in [0.5, 0.6) is 6.01 Å². The maximum Gasteiger partial charge on any atom is 0.317 e. The van der Waals surface area contributed by atoms with E-state index < -0.39 is 0 Å². The standard InChI is InChI=1S/C20H25FN8OS/c1-11-12(2)26-15(25-11)5-8-22-9-6-16-27-17-18(28-20(30)29-19(17)31-16)24-10-14-13(21)4-3-7-23-14/h7,22H,3-6,8-10H2,1-2H3,(H,25,26)(H2,24,28,29,30). The molecule has 4 heterocycles. The molecule has 9 nitrogen and oxygen atoms in total. The predicted octanol–water partition coefficient (Wildman–Crippen LogP) is 2.96.